The van der Waals surface area contributed by atoms with Gasteiger partial charge in [0, 0.05) is 48.3 Å². The number of carboxylic acid groups (broad SMARTS) is 1. The Hall–Kier alpha value is -2.61. The van der Waals surface area contributed by atoms with Gasteiger partial charge in [0.15, 0.2) is 0 Å². The number of benzene rings is 2. The van der Waals surface area contributed by atoms with Crippen LogP contribution in [-0.2, 0) is 17.8 Å². The van der Waals surface area contributed by atoms with E-state index in [0.29, 0.717) is 35.5 Å². The van der Waals surface area contributed by atoms with Crippen molar-refractivity contribution < 1.29 is 23.8 Å². The predicted octanol–water partition coefficient (Wildman–Crippen LogP) is 4.46. The highest BCUT2D eigenvalue weighted by molar-refractivity contribution is 6.31. The van der Waals surface area contributed by atoms with Gasteiger partial charge in [-0.1, -0.05) is 17.7 Å². The Morgan fingerprint density at radius 3 is 2.87 bits per heavy atom. The third-order valence-corrected chi connectivity index (χ3v) is 5.97. The average molecular weight is 447 g/mol. The normalized spacial score (nSPS) is 16.2. The van der Waals surface area contributed by atoms with Crippen LogP contribution >= 0.6 is 11.6 Å². The fourth-order valence-electron chi connectivity index (χ4n) is 4.10. The van der Waals surface area contributed by atoms with Crippen LogP contribution in [0.25, 0.3) is 10.9 Å². The van der Waals surface area contributed by atoms with Crippen LogP contribution in [0, 0.1) is 5.82 Å². The van der Waals surface area contributed by atoms with Gasteiger partial charge in [-0.05, 0) is 42.7 Å². The number of hydrogen-bond donors (Lipinski definition) is 2. The second-order valence-corrected chi connectivity index (χ2v) is 8.01. The number of nitrogens with one attached hydrogen (secondary N) is 1. The summed E-state index contributed by atoms with van der Waals surface area (Å²) >= 11 is 6.23. The van der Waals surface area contributed by atoms with Gasteiger partial charge >= 0.3 is 5.97 Å². The smallest absolute Gasteiger partial charge is 0.352 e. The predicted molar refractivity (Wildman–Crippen MR) is 117 cm³/mol. The maximum Gasteiger partial charge on any atom is 0.352 e. The lowest BCUT2D eigenvalue weighted by Gasteiger charge is -2.12. The van der Waals surface area contributed by atoms with E-state index in [1.807, 2.05) is 18.2 Å². The molecule has 164 valence electrons. The van der Waals surface area contributed by atoms with Crippen molar-refractivity contribution in [2.75, 3.05) is 20.3 Å². The van der Waals surface area contributed by atoms with Crippen LogP contribution in [0.5, 0.6) is 5.75 Å². The summed E-state index contributed by atoms with van der Waals surface area (Å²) in [6, 6.07) is 9.61. The van der Waals surface area contributed by atoms with Crippen LogP contribution in [0.15, 0.2) is 36.4 Å². The number of rotatable bonds is 8. The molecule has 1 atom stereocenters. The molecule has 0 bridgehead atoms. The molecule has 0 spiro atoms. The van der Waals surface area contributed by atoms with Crippen molar-refractivity contribution in [1.82, 2.24) is 9.88 Å². The van der Waals surface area contributed by atoms with E-state index in [2.05, 4.69) is 5.32 Å². The van der Waals surface area contributed by atoms with E-state index in [1.54, 1.807) is 17.7 Å². The van der Waals surface area contributed by atoms with Crippen LogP contribution in [0.3, 0.4) is 0 Å². The van der Waals surface area contributed by atoms with Crippen molar-refractivity contribution in [3.8, 4) is 5.75 Å². The molecule has 0 amide bonds. The van der Waals surface area contributed by atoms with Crippen LogP contribution < -0.4 is 10.1 Å². The molecule has 3 aromatic rings. The van der Waals surface area contributed by atoms with Gasteiger partial charge in [0.05, 0.1) is 18.7 Å². The Morgan fingerprint density at radius 1 is 1.35 bits per heavy atom. The summed E-state index contributed by atoms with van der Waals surface area (Å²) in [6.07, 6.45) is 2.20. The fraction of sp³-hybridized carbons (Fsp3) is 0.348. The van der Waals surface area contributed by atoms with Crippen molar-refractivity contribution >= 4 is 28.5 Å². The highest BCUT2D eigenvalue weighted by Gasteiger charge is 2.24. The van der Waals surface area contributed by atoms with Gasteiger partial charge in [-0.2, -0.15) is 0 Å². The molecule has 1 aliphatic heterocycles. The maximum absolute atomic E-state index is 13.5. The summed E-state index contributed by atoms with van der Waals surface area (Å²) in [4.78, 5) is 12.3. The van der Waals surface area contributed by atoms with E-state index in [4.69, 9.17) is 21.1 Å². The summed E-state index contributed by atoms with van der Waals surface area (Å²) < 4.78 is 26.2. The molecular weight excluding hydrogens is 423 g/mol. The second-order valence-electron chi connectivity index (χ2n) is 7.60. The lowest BCUT2D eigenvalue weighted by Crippen LogP contribution is -2.26. The number of aromatic carboxylic acids is 1. The molecule has 0 saturated carbocycles. The molecule has 2 N–H and O–H groups in total. The number of carboxylic acids is 1. The molecule has 4 rings (SSSR count). The number of aromatic nitrogens is 1. The molecule has 0 radical (unpaired) electrons. The van der Waals surface area contributed by atoms with Crippen molar-refractivity contribution in [3.05, 3.63) is 64.1 Å². The van der Waals surface area contributed by atoms with Gasteiger partial charge in [0.1, 0.15) is 17.3 Å². The highest BCUT2D eigenvalue weighted by atomic mass is 35.5. The number of hydrogen-bond acceptors (Lipinski definition) is 4. The van der Waals surface area contributed by atoms with E-state index >= 15 is 0 Å². The van der Waals surface area contributed by atoms with E-state index in [0.717, 1.165) is 24.8 Å². The zero-order chi connectivity index (χ0) is 22.0. The summed E-state index contributed by atoms with van der Waals surface area (Å²) in [5.74, 6) is -0.861. The number of carbonyl (C=O) groups is 1. The summed E-state index contributed by atoms with van der Waals surface area (Å²) in [5.41, 5.74) is 2.19. The summed E-state index contributed by atoms with van der Waals surface area (Å²) in [6.45, 7) is 2.00. The number of nitrogens with zero attached hydrogens (tertiary/aromatic N) is 1. The Kier molecular flexibility index (Phi) is 6.46. The molecule has 2 heterocycles. The first-order chi connectivity index (χ1) is 15.0. The van der Waals surface area contributed by atoms with Gasteiger partial charge in [0.25, 0.3) is 0 Å². The molecule has 31 heavy (non-hydrogen) atoms. The van der Waals surface area contributed by atoms with Crippen molar-refractivity contribution in [2.24, 2.45) is 0 Å². The number of ether oxygens (including phenoxy) is 2. The lowest BCUT2D eigenvalue weighted by atomic mass is 10.1. The zero-order valence-electron chi connectivity index (χ0n) is 17.2. The van der Waals surface area contributed by atoms with Crippen molar-refractivity contribution in [2.45, 2.75) is 32.0 Å². The largest absolute Gasteiger partial charge is 0.497 e. The van der Waals surface area contributed by atoms with Crippen LogP contribution in [0.1, 0.15) is 34.5 Å². The summed E-state index contributed by atoms with van der Waals surface area (Å²) in [7, 11) is 1.56. The third-order valence-electron chi connectivity index (χ3n) is 5.62. The molecule has 1 aliphatic rings. The number of halogens is 2. The maximum atomic E-state index is 13.5. The minimum absolute atomic E-state index is 0.153. The first-order valence-corrected chi connectivity index (χ1v) is 10.5. The third kappa shape index (κ3) is 4.54. The molecule has 1 aromatic heterocycles. The van der Waals surface area contributed by atoms with Gasteiger partial charge in [-0.15, -0.1) is 0 Å². The monoisotopic (exact) mass is 446 g/mol. The van der Waals surface area contributed by atoms with Gasteiger partial charge < -0.3 is 24.5 Å². The van der Waals surface area contributed by atoms with Crippen molar-refractivity contribution in [3.63, 3.8) is 0 Å². The Bertz CT molecular complexity index is 1110. The number of fused-ring (bicyclic) bond motifs is 1. The first-order valence-electron chi connectivity index (χ1n) is 10.2. The van der Waals surface area contributed by atoms with E-state index in [-0.39, 0.29) is 23.4 Å². The van der Waals surface area contributed by atoms with Crippen LogP contribution in [0.2, 0.25) is 5.02 Å². The molecule has 6 nitrogen and oxygen atoms in total. The topological polar surface area (TPSA) is 72.7 Å². The van der Waals surface area contributed by atoms with E-state index in [9.17, 15) is 14.3 Å². The zero-order valence-corrected chi connectivity index (χ0v) is 17.9. The van der Waals surface area contributed by atoms with E-state index in [1.165, 1.54) is 12.1 Å². The summed E-state index contributed by atoms with van der Waals surface area (Å²) in [5, 5.41) is 14.5. The SMILES string of the molecule is COc1ccc2c(CNCC3CCCO3)c(C(=O)O)n(Cc3ccc(F)cc3Cl)c2c1. The van der Waals surface area contributed by atoms with Gasteiger partial charge in [-0.25, -0.2) is 9.18 Å². The standard InChI is InChI=1S/C23H24ClFN2O4/c1-30-16-6-7-18-19(12-26-11-17-3-2-8-31-17)22(23(28)29)27(21(18)10-16)13-14-4-5-15(25)9-20(14)24/h4-7,9-10,17,26H,2-3,8,11-13H2,1H3,(H,28,29). The molecule has 1 unspecified atom stereocenters. The van der Waals surface area contributed by atoms with Gasteiger partial charge in [-0.3, -0.25) is 0 Å². The minimum atomic E-state index is -1.04. The molecule has 1 fully saturated rings. The minimum Gasteiger partial charge on any atom is -0.497 e. The van der Waals surface area contributed by atoms with Crippen LogP contribution in [0.4, 0.5) is 4.39 Å². The van der Waals surface area contributed by atoms with Gasteiger partial charge in [0.2, 0.25) is 0 Å². The molecule has 2 aromatic carbocycles. The fourth-order valence-corrected chi connectivity index (χ4v) is 4.33. The molecular formula is C23H24ClFN2O4. The first kappa shape index (κ1) is 21.6. The molecule has 1 saturated heterocycles. The average Bonchev–Trinajstić information content (AvgIpc) is 3.36. The van der Waals surface area contributed by atoms with E-state index < -0.39 is 11.8 Å². The number of methoxy groups -OCH3 is 1. The Balaban J connectivity index is 1.76. The Labute approximate surface area is 184 Å². The highest BCUT2D eigenvalue weighted by Crippen LogP contribution is 2.32. The van der Waals surface area contributed by atoms with Crippen molar-refractivity contribution in [1.29, 1.82) is 0 Å². The quantitative estimate of drug-likeness (QED) is 0.534. The lowest BCUT2D eigenvalue weighted by molar-refractivity contribution is 0.0684. The van der Waals surface area contributed by atoms with Crippen LogP contribution in [-0.4, -0.2) is 42.0 Å². The Morgan fingerprint density at radius 2 is 2.19 bits per heavy atom. The molecule has 8 heteroatoms. The molecule has 0 aliphatic carbocycles. The second kappa shape index (κ2) is 9.26.